The van der Waals surface area contributed by atoms with Crippen molar-refractivity contribution in [3.8, 4) is 17.2 Å². The number of phenolic OH excluding ortho intramolecular Hbond substituents is 1. The lowest BCUT2D eigenvalue weighted by atomic mass is 10.1. The van der Waals surface area contributed by atoms with Crippen LogP contribution in [0.15, 0.2) is 89.7 Å². The standard InChI is InChI=1S/C28H30N6O5S3/c1-5-34(6-2)42(36,37)19-9-7-17(8-10-19)30-31-21-14-24(39-4)22(15-23(21)38-3)32-33-27-25(41)12-16-11-18(40)13-20(29)26(16)28(27)35/h7-15,35,40-41H,5-6,29H2,1-4H3. The zero-order valence-electron chi connectivity index (χ0n) is 23.3. The average Bonchev–Trinajstić information content (AvgIpc) is 2.96. The van der Waals surface area contributed by atoms with Crippen molar-refractivity contribution >= 4 is 74.5 Å². The topological polar surface area (TPSA) is 152 Å². The van der Waals surface area contributed by atoms with E-state index in [1.165, 1.54) is 30.7 Å². The lowest BCUT2D eigenvalue weighted by Crippen LogP contribution is -2.30. The van der Waals surface area contributed by atoms with Crippen molar-refractivity contribution in [2.45, 2.75) is 28.5 Å². The summed E-state index contributed by atoms with van der Waals surface area (Å²) in [6.07, 6.45) is 0. The largest absolute Gasteiger partial charge is 0.505 e. The molecule has 14 heteroatoms. The number of methoxy groups -OCH3 is 2. The van der Waals surface area contributed by atoms with Crippen molar-refractivity contribution in [2.75, 3.05) is 33.0 Å². The molecule has 0 amide bonds. The van der Waals surface area contributed by atoms with Crippen molar-refractivity contribution in [1.29, 1.82) is 0 Å². The number of azo groups is 2. The number of nitrogens with zero attached hydrogens (tertiary/aromatic N) is 5. The summed E-state index contributed by atoms with van der Waals surface area (Å²) in [7, 11) is -0.651. The molecular weight excluding hydrogens is 597 g/mol. The summed E-state index contributed by atoms with van der Waals surface area (Å²) in [6, 6.07) is 14.4. The number of rotatable bonds is 10. The predicted octanol–water partition coefficient (Wildman–Crippen LogP) is 7.58. The fraction of sp³-hybridized carbons (Fsp3) is 0.214. The molecule has 11 nitrogen and oxygen atoms in total. The van der Waals surface area contributed by atoms with Crippen molar-refractivity contribution in [3.63, 3.8) is 0 Å². The van der Waals surface area contributed by atoms with E-state index >= 15 is 0 Å². The van der Waals surface area contributed by atoms with Crippen molar-refractivity contribution in [3.05, 3.63) is 54.6 Å². The molecule has 3 N–H and O–H groups in total. The molecule has 0 unspecified atom stereocenters. The van der Waals surface area contributed by atoms with E-state index in [1.54, 1.807) is 56.3 Å². The van der Waals surface area contributed by atoms with Crippen LogP contribution in [0.2, 0.25) is 0 Å². The van der Waals surface area contributed by atoms with Crippen LogP contribution in [-0.2, 0) is 10.0 Å². The van der Waals surface area contributed by atoms with Gasteiger partial charge in [-0.15, -0.1) is 40.6 Å². The molecule has 4 rings (SSSR count). The van der Waals surface area contributed by atoms with Gasteiger partial charge in [0, 0.05) is 46.1 Å². The Morgan fingerprint density at radius 3 is 1.98 bits per heavy atom. The zero-order chi connectivity index (χ0) is 30.6. The molecule has 4 aromatic carbocycles. The Kier molecular flexibility index (Phi) is 9.61. The van der Waals surface area contributed by atoms with E-state index in [2.05, 4.69) is 45.7 Å². The van der Waals surface area contributed by atoms with Crippen LogP contribution in [0, 0.1) is 0 Å². The van der Waals surface area contributed by atoms with E-state index in [-0.39, 0.29) is 16.3 Å². The molecule has 42 heavy (non-hydrogen) atoms. The normalized spacial score (nSPS) is 12.2. The first-order chi connectivity index (χ1) is 20.0. The van der Waals surface area contributed by atoms with Gasteiger partial charge in [-0.2, -0.15) is 9.42 Å². The highest BCUT2D eigenvalue weighted by molar-refractivity contribution is 7.89. The number of fused-ring (bicyclic) bond motifs is 1. The maximum absolute atomic E-state index is 12.7. The summed E-state index contributed by atoms with van der Waals surface area (Å²) >= 11 is 8.80. The quantitative estimate of drug-likeness (QED) is 0.0809. The number of hydrogen-bond donors (Lipinski definition) is 4. The van der Waals surface area contributed by atoms with E-state index in [0.717, 1.165) is 0 Å². The Bertz CT molecular complexity index is 1790. The van der Waals surface area contributed by atoms with Gasteiger partial charge in [-0.3, -0.25) is 0 Å². The molecule has 0 spiro atoms. The number of ether oxygens (including phenoxy) is 2. The van der Waals surface area contributed by atoms with Crippen LogP contribution >= 0.6 is 25.3 Å². The van der Waals surface area contributed by atoms with E-state index in [1.807, 2.05) is 0 Å². The highest BCUT2D eigenvalue weighted by Gasteiger charge is 2.21. The second-order valence-electron chi connectivity index (χ2n) is 8.91. The van der Waals surface area contributed by atoms with Gasteiger partial charge in [0.25, 0.3) is 0 Å². The Labute approximate surface area is 255 Å². The third-order valence-electron chi connectivity index (χ3n) is 6.37. The highest BCUT2D eigenvalue weighted by atomic mass is 32.2. The van der Waals surface area contributed by atoms with E-state index in [9.17, 15) is 13.5 Å². The molecule has 0 atom stereocenters. The second kappa shape index (κ2) is 13.0. The Hall–Kier alpha value is -3.85. The summed E-state index contributed by atoms with van der Waals surface area (Å²) in [5.41, 5.74) is 7.66. The van der Waals surface area contributed by atoms with Crippen LogP contribution in [0.5, 0.6) is 17.2 Å². The molecule has 0 aromatic heterocycles. The maximum atomic E-state index is 12.7. The summed E-state index contributed by atoms with van der Waals surface area (Å²) in [5, 5.41) is 29.0. The summed E-state index contributed by atoms with van der Waals surface area (Å²) in [6.45, 7) is 4.33. The molecular formula is C28H30N6O5S3. The van der Waals surface area contributed by atoms with Crippen LogP contribution in [0.3, 0.4) is 0 Å². The van der Waals surface area contributed by atoms with Gasteiger partial charge in [-0.25, -0.2) is 8.42 Å². The Balaban J connectivity index is 1.65. The average molecular weight is 627 g/mol. The number of sulfonamides is 1. The number of aromatic hydroxyl groups is 1. The Morgan fingerprint density at radius 1 is 0.857 bits per heavy atom. The number of phenols is 1. The number of anilines is 1. The third kappa shape index (κ3) is 6.31. The van der Waals surface area contributed by atoms with Gasteiger partial charge in [-0.1, -0.05) is 13.8 Å². The van der Waals surface area contributed by atoms with Crippen LogP contribution in [-0.4, -0.2) is 45.1 Å². The molecule has 0 saturated heterocycles. The minimum atomic E-state index is -3.58. The molecule has 220 valence electrons. The number of nitrogen functional groups attached to an aromatic ring is 1. The predicted molar refractivity (Wildman–Crippen MR) is 169 cm³/mol. The van der Waals surface area contributed by atoms with Gasteiger partial charge >= 0.3 is 0 Å². The first kappa shape index (κ1) is 31.1. The molecule has 4 aromatic rings. The number of hydrogen-bond acceptors (Lipinski definition) is 12. The third-order valence-corrected chi connectivity index (χ3v) is 9.03. The first-order valence-corrected chi connectivity index (χ1v) is 15.0. The molecule has 0 radical (unpaired) electrons. The zero-order valence-corrected chi connectivity index (χ0v) is 25.9. The van der Waals surface area contributed by atoms with Gasteiger partial charge < -0.3 is 20.3 Å². The SMILES string of the molecule is CCN(CC)S(=O)(=O)c1ccc(N=Nc2cc(OC)c(N=Nc3c(S)cc4cc(S)cc(N)c4c3O)cc2OC)cc1. The molecule has 0 aliphatic heterocycles. The van der Waals surface area contributed by atoms with Gasteiger partial charge in [0.05, 0.1) is 24.8 Å². The van der Waals surface area contributed by atoms with E-state index < -0.39 is 10.0 Å². The monoisotopic (exact) mass is 626 g/mol. The molecule has 0 aliphatic rings. The van der Waals surface area contributed by atoms with Crippen molar-refractivity contribution < 1.29 is 23.0 Å². The summed E-state index contributed by atoms with van der Waals surface area (Å²) in [5.74, 6) is 0.474. The van der Waals surface area contributed by atoms with Crippen LogP contribution in [0.1, 0.15) is 13.8 Å². The van der Waals surface area contributed by atoms with E-state index in [4.69, 9.17) is 15.2 Å². The number of benzene rings is 4. The van der Waals surface area contributed by atoms with Crippen LogP contribution in [0.25, 0.3) is 10.8 Å². The molecule has 0 heterocycles. The Morgan fingerprint density at radius 2 is 1.43 bits per heavy atom. The highest BCUT2D eigenvalue weighted by Crippen LogP contribution is 2.45. The molecule has 0 bridgehead atoms. The van der Waals surface area contributed by atoms with Gasteiger partial charge in [0.15, 0.2) is 5.75 Å². The number of nitrogens with two attached hydrogens (primary N) is 1. The second-order valence-corrected chi connectivity index (χ2v) is 11.8. The lowest BCUT2D eigenvalue weighted by Gasteiger charge is -2.18. The summed E-state index contributed by atoms with van der Waals surface area (Å²) < 4.78 is 37.8. The smallest absolute Gasteiger partial charge is 0.243 e. The molecule has 0 aliphatic carbocycles. The fourth-order valence-corrected chi connectivity index (χ4v) is 6.27. The lowest BCUT2D eigenvalue weighted by molar-refractivity contribution is 0.405. The minimum Gasteiger partial charge on any atom is -0.505 e. The minimum absolute atomic E-state index is 0.126. The van der Waals surface area contributed by atoms with Gasteiger partial charge in [0.1, 0.15) is 28.6 Å². The molecule has 0 saturated carbocycles. The van der Waals surface area contributed by atoms with Crippen LogP contribution in [0.4, 0.5) is 28.4 Å². The van der Waals surface area contributed by atoms with E-state index in [0.29, 0.717) is 67.9 Å². The molecule has 0 fully saturated rings. The van der Waals surface area contributed by atoms with Gasteiger partial charge in [-0.05, 0) is 47.9 Å². The fourth-order valence-electron chi connectivity index (χ4n) is 4.25. The van der Waals surface area contributed by atoms with Crippen molar-refractivity contribution in [2.24, 2.45) is 20.5 Å². The summed E-state index contributed by atoms with van der Waals surface area (Å²) in [4.78, 5) is 1.21. The van der Waals surface area contributed by atoms with Crippen LogP contribution < -0.4 is 15.2 Å². The number of thiol groups is 2. The first-order valence-electron chi connectivity index (χ1n) is 12.7. The van der Waals surface area contributed by atoms with Crippen molar-refractivity contribution in [1.82, 2.24) is 4.31 Å². The van der Waals surface area contributed by atoms with Gasteiger partial charge in [0.2, 0.25) is 10.0 Å². The maximum Gasteiger partial charge on any atom is 0.243 e.